The minimum atomic E-state index is -3.21. The summed E-state index contributed by atoms with van der Waals surface area (Å²) in [5.74, 6) is 0. The van der Waals surface area contributed by atoms with E-state index in [1.165, 1.54) is 0 Å². The molecule has 2 atom stereocenters. The van der Waals surface area contributed by atoms with Crippen LogP contribution in [0.4, 0.5) is 0 Å². The van der Waals surface area contributed by atoms with E-state index in [0.29, 0.717) is 25.6 Å². The standard InChI is InChI=1S/C11H25N3O2S/c1-4-11(8-12)17(15,16)14-7-6-13(5-2)10(3)9-14/h10-11H,4-9,12H2,1-3H3. The van der Waals surface area contributed by atoms with Crippen LogP contribution >= 0.6 is 0 Å². The molecule has 17 heavy (non-hydrogen) atoms. The van der Waals surface area contributed by atoms with Crippen LogP contribution in [0.3, 0.4) is 0 Å². The Morgan fingerprint density at radius 1 is 1.35 bits per heavy atom. The van der Waals surface area contributed by atoms with E-state index in [0.717, 1.165) is 13.1 Å². The lowest BCUT2D eigenvalue weighted by molar-refractivity contribution is 0.135. The Morgan fingerprint density at radius 2 is 2.00 bits per heavy atom. The number of nitrogens with zero attached hydrogens (tertiary/aromatic N) is 2. The Kier molecular flexibility index (Phi) is 5.37. The van der Waals surface area contributed by atoms with Gasteiger partial charge in [-0.1, -0.05) is 13.8 Å². The zero-order valence-electron chi connectivity index (χ0n) is 11.1. The average Bonchev–Trinajstić information content (AvgIpc) is 2.30. The van der Waals surface area contributed by atoms with Crippen LogP contribution in [0.25, 0.3) is 0 Å². The van der Waals surface area contributed by atoms with Gasteiger partial charge in [-0.05, 0) is 19.9 Å². The van der Waals surface area contributed by atoms with Gasteiger partial charge in [-0.3, -0.25) is 4.90 Å². The topological polar surface area (TPSA) is 66.6 Å². The van der Waals surface area contributed by atoms with E-state index in [-0.39, 0.29) is 6.54 Å². The maximum atomic E-state index is 12.3. The number of piperazine rings is 1. The fourth-order valence-electron chi connectivity index (χ4n) is 2.37. The maximum Gasteiger partial charge on any atom is 0.218 e. The van der Waals surface area contributed by atoms with Gasteiger partial charge >= 0.3 is 0 Å². The van der Waals surface area contributed by atoms with Crippen LogP contribution in [0.1, 0.15) is 27.2 Å². The Labute approximate surface area is 105 Å². The number of hydrogen-bond acceptors (Lipinski definition) is 4. The Balaban J connectivity index is 2.75. The summed E-state index contributed by atoms with van der Waals surface area (Å²) in [5, 5.41) is -0.428. The number of sulfonamides is 1. The van der Waals surface area contributed by atoms with E-state index in [4.69, 9.17) is 5.73 Å². The molecule has 0 amide bonds. The molecule has 0 aromatic heterocycles. The summed E-state index contributed by atoms with van der Waals surface area (Å²) in [7, 11) is -3.21. The lowest BCUT2D eigenvalue weighted by Crippen LogP contribution is -2.55. The predicted molar refractivity (Wildman–Crippen MR) is 70.3 cm³/mol. The van der Waals surface area contributed by atoms with Gasteiger partial charge in [0.05, 0.1) is 5.25 Å². The second-order valence-corrected chi connectivity index (χ2v) is 6.86. The molecule has 1 fully saturated rings. The maximum absolute atomic E-state index is 12.3. The third kappa shape index (κ3) is 3.19. The first-order valence-corrected chi connectivity index (χ1v) is 7.90. The summed E-state index contributed by atoms with van der Waals surface area (Å²) in [6, 6.07) is 0.291. The first kappa shape index (κ1) is 14.9. The van der Waals surface area contributed by atoms with Gasteiger partial charge in [0.25, 0.3) is 0 Å². The van der Waals surface area contributed by atoms with Crippen LogP contribution < -0.4 is 5.73 Å². The third-order valence-electron chi connectivity index (χ3n) is 3.63. The molecular weight excluding hydrogens is 238 g/mol. The van der Waals surface area contributed by atoms with Gasteiger partial charge in [-0.2, -0.15) is 4.31 Å². The van der Waals surface area contributed by atoms with E-state index >= 15 is 0 Å². The monoisotopic (exact) mass is 263 g/mol. The molecule has 0 radical (unpaired) electrons. The largest absolute Gasteiger partial charge is 0.329 e. The van der Waals surface area contributed by atoms with Gasteiger partial charge < -0.3 is 5.73 Å². The molecule has 6 heteroatoms. The normalized spacial score (nSPS) is 26.0. The van der Waals surface area contributed by atoms with Crippen molar-refractivity contribution in [2.75, 3.05) is 32.7 Å². The van der Waals surface area contributed by atoms with E-state index in [1.807, 2.05) is 6.92 Å². The van der Waals surface area contributed by atoms with Crippen LogP contribution in [-0.4, -0.2) is 61.6 Å². The van der Waals surface area contributed by atoms with Gasteiger partial charge in [0.1, 0.15) is 0 Å². The molecule has 2 N–H and O–H groups in total. The van der Waals surface area contributed by atoms with Crippen LogP contribution in [0.2, 0.25) is 0 Å². The van der Waals surface area contributed by atoms with Crippen LogP contribution in [0.5, 0.6) is 0 Å². The van der Waals surface area contributed by atoms with Crippen molar-refractivity contribution < 1.29 is 8.42 Å². The molecule has 1 aliphatic rings. The zero-order chi connectivity index (χ0) is 13.1. The van der Waals surface area contributed by atoms with Crippen LogP contribution in [-0.2, 0) is 10.0 Å². The number of nitrogens with two attached hydrogens (primary N) is 1. The van der Waals surface area contributed by atoms with Gasteiger partial charge in [0.15, 0.2) is 0 Å². The molecule has 5 nitrogen and oxygen atoms in total. The number of rotatable bonds is 5. The summed E-state index contributed by atoms with van der Waals surface area (Å²) >= 11 is 0. The molecule has 0 spiro atoms. The van der Waals surface area contributed by atoms with Crippen molar-refractivity contribution in [2.45, 2.75) is 38.5 Å². The van der Waals surface area contributed by atoms with Gasteiger partial charge in [-0.15, -0.1) is 0 Å². The third-order valence-corrected chi connectivity index (χ3v) is 6.05. The molecule has 1 saturated heterocycles. The molecule has 0 aromatic rings. The Hall–Kier alpha value is -0.170. The predicted octanol–water partition coefficient (Wildman–Crippen LogP) is 0.0795. The molecule has 0 bridgehead atoms. The average molecular weight is 263 g/mol. The highest BCUT2D eigenvalue weighted by Crippen LogP contribution is 2.17. The van der Waals surface area contributed by atoms with Gasteiger partial charge in [0, 0.05) is 32.2 Å². The second kappa shape index (κ2) is 6.13. The molecular formula is C11H25N3O2S. The SMILES string of the molecule is CCC(CN)S(=O)(=O)N1CCN(CC)C(C)C1. The fraction of sp³-hybridized carbons (Fsp3) is 1.00. The highest BCUT2D eigenvalue weighted by Gasteiger charge is 2.34. The molecule has 2 unspecified atom stereocenters. The minimum Gasteiger partial charge on any atom is -0.329 e. The van der Waals surface area contributed by atoms with E-state index in [9.17, 15) is 8.42 Å². The van der Waals surface area contributed by atoms with Crippen molar-refractivity contribution in [1.82, 2.24) is 9.21 Å². The van der Waals surface area contributed by atoms with E-state index in [2.05, 4.69) is 18.7 Å². The fourth-order valence-corrected chi connectivity index (χ4v) is 4.22. The Morgan fingerprint density at radius 3 is 2.41 bits per heavy atom. The molecule has 102 valence electrons. The second-order valence-electron chi connectivity index (χ2n) is 4.65. The first-order valence-electron chi connectivity index (χ1n) is 6.40. The highest BCUT2D eigenvalue weighted by atomic mass is 32.2. The van der Waals surface area contributed by atoms with Crippen molar-refractivity contribution >= 4 is 10.0 Å². The minimum absolute atomic E-state index is 0.210. The first-order chi connectivity index (χ1) is 7.97. The number of likely N-dealkylation sites (N-methyl/N-ethyl adjacent to an activating group) is 1. The quantitative estimate of drug-likeness (QED) is 0.763. The van der Waals surface area contributed by atoms with Crippen molar-refractivity contribution in [1.29, 1.82) is 0 Å². The summed E-state index contributed by atoms with van der Waals surface area (Å²) in [5.41, 5.74) is 5.55. The van der Waals surface area contributed by atoms with Crippen molar-refractivity contribution in [3.05, 3.63) is 0 Å². The molecule has 1 heterocycles. The molecule has 0 saturated carbocycles. The Bertz CT molecular complexity index is 328. The lowest BCUT2D eigenvalue weighted by Gasteiger charge is -2.39. The molecule has 0 aliphatic carbocycles. The molecule has 1 rings (SSSR count). The van der Waals surface area contributed by atoms with E-state index in [1.54, 1.807) is 4.31 Å². The highest BCUT2D eigenvalue weighted by molar-refractivity contribution is 7.89. The molecule has 1 aliphatic heterocycles. The summed E-state index contributed by atoms with van der Waals surface area (Å²) in [6.45, 7) is 9.25. The van der Waals surface area contributed by atoms with Gasteiger partial charge in [-0.25, -0.2) is 8.42 Å². The zero-order valence-corrected chi connectivity index (χ0v) is 11.9. The van der Waals surface area contributed by atoms with Crippen LogP contribution in [0, 0.1) is 0 Å². The smallest absolute Gasteiger partial charge is 0.218 e. The summed E-state index contributed by atoms with van der Waals surface area (Å²) in [4.78, 5) is 2.30. The summed E-state index contributed by atoms with van der Waals surface area (Å²) < 4.78 is 26.2. The van der Waals surface area contributed by atoms with Crippen molar-refractivity contribution in [3.8, 4) is 0 Å². The van der Waals surface area contributed by atoms with Gasteiger partial charge in [0.2, 0.25) is 10.0 Å². The van der Waals surface area contributed by atoms with Crippen molar-refractivity contribution in [3.63, 3.8) is 0 Å². The van der Waals surface area contributed by atoms with Crippen molar-refractivity contribution in [2.24, 2.45) is 5.73 Å². The lowest BCUT2D eigenvalue weighted by atomic mass is 10.2. The van der Waals surface area contributed by atoms with Crippen LogP contribution in [0.15, 0.2) is 0 Å². The number of hydrogen-bond donors (Lipinski definition) is 1. The molecule has 0 aromatic carbocycles. The van der Waals surface area contributed by atoms with E-state index < -0.39 is 15.3 Å². The summed E-state index contributed by atoms with van der Waals surface area (Å²) in [6.07, 6.45) is 0.585.